The molecule has 4 rings (SSSR count). The van der Waals surface area contributed by atoms with Gasteiger partial charge in [-0.15, -0.1) is 0 Å². The van der Waals surface area contributed by atoms with Gasteiger partial charge in [-0.3, -0.25) is 9.69 Å². The van der Waals surface area contributed by atoms with Gasteiger partial charge in [-0.1, -0.05) is 64.8 Å². The Hall–Kier alpha value is -2.64. The molecule has 0 saturated carbocycles. The van der Waals surface area contributed by atoms with Crippen molar-refractivity contribution in [3.05, 3.63) is 71.1 Å². The normalized spacial score (nSPS) is 16.6. The molecule has 1 unspecified atom stereocenters. The van der Waals surface area contributed by atoms with Gasteiger partial charge in [0.05, 0.1) is 12.5 Å². The molecule has 1 atom stereocenters. The third kappa shape index (κ3) is 6.92. The Balaban J connectivity index is 1.19. The van der Waals surface area contributed by atoms with Crippen molar-refractivity contribution in [1.82, 2.24) is 20.4 Å². The van der Waals surface area contributed by atoms with Crippen molar-refractivity contribution in [2.75, 3.05) is 25.4 Å². The van der Waals surface area contributed by atoms with E-state index in [4.69, 9.17) is 4.52 Å². The topological polar surface area (TPSA) is 71.3 Å². The number of aryl methyl sites for hydroxylation is 2. The smallest absolute Gasteiger partial charge is 0.241 e. The Morgan fingerprint density at radius 1 is 1.18 bits per heavy atom. The molecule has 7 heteroatoms. The monoisotopic (exact) mass is 464 g/mol. The lowest BCUT2D eigenvalue weighted by Crippen LogP contribution is -2.43. The van der Waals surface area contributed by atoms with Gasteiger partial charge in [0.15, 0.2) is 0 Å². The van der Waals surface area contributed by atoms with Crippen LogP contribution >= 0.6 is 11.8 Å². The van der Waals surface area contributed by atoms with Crippen LogP contribution in [0.5, 0.6) is 0 Å². The average Bonchev–Trinajstić information content (AvgIpc) is 3.28. The lowest BCUT2D eigenvalue weighted by atomic mass is 9.97. The van der Waals surface area contributed by atoms with E-state index < -0.39 is 0 Å². The van der Waals surface area contributed by atoms with Gasteiger partial charge in [-0.2, -0.15) is 16.7 Å². The third-order valence-electron chi connectivity index (χ3n) is 5.91. The number of aromatic nitrogens is 2. The van der Waals surface area contributed by atoms with Gasteiger partial charge in [-0.05, 0) is 38.8 Å². The standard InChI is InChI=1S/C26H32N4O2S/c1-19-8-10-22(11-9-19)25-28-24(32-29-25)17-30-13-4-7-23(16-30)26(31)27-12-14-33-18-21-6-3-5-20(2)15-21/h3,5-6,8-11,15,23H,4,7,12-14,16-18H2,1-2H3,(H,27,31). The number of benzene rings is 2. The first kappa shape index (κ1) is 23.5. The summed E-state index contributed by atoms with van der Waals surface area (Å²) in [6.07, 6.45) is 1.93. The SMILES string of the molecule is Cc1ccc(-c2noc(CN3CCCC(C(=O)NCCSCc4cccc(C)c4)C3)n2)cc1. The van der Waals surface area contributed by atoms with Crippen molar-refractivity contribution >= 4 is 17.7 Å². The van der Waals surface area contributed by atoms with Crippen LogP contribution in [0.2, 0.25) is 0 Å². The first-order chi connectivity index (χ1) is 16.1. The molecule has 1 aliphatic heterocycles. The number of piperidine rings is 1. The predicted octanol–water partition coefficient (Wildman–Crippen LogP) is 4.62. The largest absolute Gasteiger partial charge is 0.355 e. The molecule has 6 nitrogen and oxygen atoms in total. The Morgan fingerprint density at radius 2 is 2.03 bits per heavy atom. The highest BCUT2D eigenvalue weighted by Crippen LogP contribution is 2.21. The summed E-state index contributed by atoms with van der Waals surface area (Å²) in [5, 5.41) is 7.25. The van der Waals surface area contributed by atoms with Gasteiger partial charge < -0.3 is 9.84 Å². The minimum absolute atomic E-state index is 0.0139. The second-order valence-corrected chi connectivity index (χ2v) is 9.89. The zero-order valence-electron chi connectivity index (χ0n) is 19.4. The molecule has 1 aromatic heterocycles. The van der Waals surface area contributed by atoms with Crippen LogP contribution in [0.3, 0.4) is 0 Å². The predicted molar refractivity (Wildman–Crippen MR) is 133 cm³/mol. The summed E-state index contributed by atoms with van der Waals surface area (Å²) in [4.78, 5) is 19.5. The quantitative estimate of drug-likeness (QED) is 0.466. The minimum atomic E-state index is 0.0139. The summed E-state index contributed by atoms with van der Waals surface area (Å²) in [5.41, 5.74) is 4.77. The van der Waals surface area contributed by atoms with Crippen LogP contribution in [0.1, 0.15) is 35.4 Å². The number of nitrogens with zero attached hydrogens (tertiary/aromatic N) is 3. The van der Waals surface area contributed by atoms with E-state index in [2.05, 4.69) is 58.5 Å². The van der Waals surface area contributed by atoms with E-state index in [9.17, 15) is 4.79 Å². The van der Waals surface area contributed by atoms with Crippen LogP contribution in [-0.4, -0.2) is 46.3 Å². The molecule has 0 bridgehead atoms. The molecular formula is C26H32N4O2S. The molecule has 0 spiro atoms. The lowest BCUT2D eigenvalue weighted by Gasteiger charge is -2.30. The van der Waals surface area contributed by atoms with Crippen LogP contribution in [0, 0.1) is 19.8 Å². The van der Waals surface area contributed by atoms with Crippen molar-refractivity contribution in [3.63, 3.8) is 0 Å². The summed E-state index contributed by atoms with van der Waals surface area (Å²) in [6, 6.07) is 16.7. The molecule has 1 fully saturated rings. The number of nitrogens with one attached hydrogen (secondary N) is 1. The third-order valence-corrected chi connectivity index (χ3v) is 6.94. The second-order valence-electron chi connectivity index (χ2n) is 8.78. The van der Waals surface area contributed by atoms with E-state index in [1.54, 1.807) is 0 Å². The van der Waals surface area contributed by atoms with Gasteiger partial charge >= 0.3 is 0 Å². The Morgan fingerprint density at radius 3 is 2.85 bits per heavy atom. The van der Waals surface area contributed by atoms with Gasteiger partial charge in [0.1, 0.15) is 0 Å². The van der Waals surface area contributed by atoms with E-state index in [1.165, 1.54) is 16.7 Å². The van der Waals surface area contributed by atoms with Crippen molar-refractivity contribution < 1.29 is 9.32 Å². The van der Waals surface area contributed by atoms with Crippen LogP contribution in [0.15, 0.2) is 53.1 Å². The first-order valence-corrected chi connectivity index (χ1v) is 12.8. The number of hydrogen-bond acceptors (Lipinski definition) is 6. The van der Waals surface area contributed by atoms with Gasteiger partial charge in [0, 0.05) is 30.2 Å². The summed E-state index contributed by atoms with van der Waals surface area (Å²) in [5.74, 6) is 3.27. The molecule has 0 radical (unpaired) electrons. The molecule has 0 aliphatic carbocycles. The summed E-state index contributed by atoms with van der Waals surface area (Å²) < 4.78 is 5.48. The fourth-order valence-corrected chi connectivity index (χ4v) is 4.93. The average molecular weight is 465 g/mol. The van der Waals surface area contributed by atoms with Crippen LogP contribution < -0.4 is 5.32 Å². The highest BCUT2D eigenvalue weighted by molar-refractivity contribution is 7.98. The van der Waals surface area contributed by atoms with Gasteiger partial charge in [0.2, 0.25) is 17.6 Å². The Kier molecular flexibility index (Phi) is 8.18. The fourth-order valence-electron chi connectivity index (χ4n) is 4.13. The van der Waals surface area contributed by atoms with Crippen LogP contribution in [-0.2, 0) is 17.1 Å². The molecule has 1 amide bonds. The van der Waals surface area contributed by atoms with Crippen molar-refractivity contribution in [1.29, 1.82) is 0 Å². The van der Waals surface area contributed by atoms with E-state index >= 15 is 0 Å². The molecular weight excluding hydrogens is 432 g/mol. The highest BCUT2D eigenvalue weighted by atomic mass is 32.2. The van der Waals surface area contributed by atoms with Gasteiger partial charge in [0.25, 0.3) is 0 Å². The first-order valence-electron chi connectivity index (χ1n) is 11.6. The Bertz CT molecular complexity index is 1050. The Labute approximate surface area is 200 Å². The summed E-state index contributed by atoms with van der Waals surface area (Å²) in [7, 11) is 0. The minimum Gasteiger partial charge on any atom is -0.355 e. The van der Waals surface area contributed by atoms with E-state index in [1.807, 2.05) is 36.0 Å². The zero-order valence-corrected chi connectivity index (χ0v) is 20.2. The molecule has 1 N–H and O–H groups in total. The molecule has 3 aromatic rings. The number of hydrogen-bond donors (Lipinski definition) is 1. The number of likely N-dealkylation sites (tertiary alicyclic amines) is 1. The summed E-state index contributed by atoms with van der Waals surface area (Å²) >= 11 is 1.85. The van der Waals surface area contributed by atoms with Crippen LogP contribution in [0.25, 0.3) is 11.4 Å². The summed E-state index contributed by atoms with van der Waals surface area (Å²) in [6.45, 7) is 7.12. The van der Waals surface area contributed by atoms with E-state index in [0.29, 0.717) is 24.8 Å². The number of amides is 1. The highest BCUT2D eigenvalue weighted by Gasteiger charge is 2.26. The molecule has 174 valence electrons. The number of rotatable bonds is 9. The number of thioether (sulfide) groups is 1. The molecule has 2 aromatic carbocycles. The second kappa shape index (κ2) is 11.5. The van der Waals surface area contributed by atoms with Crippen molar-refractivity contribution in [2.45, 2.75) is 39.0 Å². The van der Waals surface area contributed by atoms with Crippen molar-refractivity contribution in [2.24, 2.45) is 5.92 Å². The van der Waals surface area contributed by atoms with E-state index in [0.717, 1.165) is 43.0 Å². The molecule has 2 heterocycles. The molecule has 33 heavy (non-hydrogen) atoms. The maximum Gasteiger partial charge on any atom is 0.241 e. The van der Waals surface area contributed by atoms with Gasteiger partial charge in [-0.25, -0.2) is 0 Å². The number of carbonyl (C=O) groups is 1. The maximum atomic E-state index is 12.7. The lowest BCUT2D eigenvalue weighted by molar-refractivity contribution is -0.126. The van der Waals surface area contributed by atoms with E-state index in [-0.39, 0.29) is 11.8 Å². The fraction of sp³-hybridized carbons (Fsp3) is 0.423. The molecule has 1 aliphatic rings. The molecule has 1 saturated heterocycles. The zero-order chi connectivity index (χ0) is 23.0. The van der Waals surface area contributed by atoms with Crippen molar-refractivity contribution in [3.8, 4) is 11.4 Å². The number of carbonyl (C=O) groups excluding carboxylic acids is 1. The maximum absolute atomic E-state index is 12.7. The van der Waals surface area contributed by atoms with Crippen LogP contribution in [0.4, 0.5) is 0 Å².